The molecule has 8 nitrogen and oxygen atoms in total. The van der Waals surface area contributed by atoms with E-state index >= 15 is 0 Å². The quantitative estimate of drug-likeness (QED) is 0.609. The van der Waals surface area contributed by atoms with Crippen LogP contribution in [0.15, 0.2) is 23.4 Å². The molecule has 0 saturated carbocycles. The smallest absolute Gasteiger partial charge is 0.410 e. The van der Waals surface area contributed by atoms with Crippen molar-refractivity contribution < 1.29 is 18.7 Å². The largest absolute Gasteiger partial charge is 0.444 e. The summed E-state index contributed by atoms with van der Waals surface area (Å²) in [7, 11) is -1.66. The topological polar surface area (TPSA) is 103 Å². The van der Waals surface area contributed by atoms with Crippen molar-refractivity contribution in [2.24, 2.45) is 0 Å². The standard InChI is InChI=1S/C15H21N3O5S/c1-15(2,3)23-14(19)17-9-5-6-11(10-17)24(22)13-12(18(20)21)7-4-8-16-13/h4,7-8,11H,5-6,9-10H2,1-3H3/t11-,24+/m0/s1. The molecule has 24 heavy (non-hydrogen) atoms. The molecule has 1 aliphatic rings. The summed E-state index contributed by atoms with van der Waals surface area (Å²) in [6, 6.07) is 2.72. The average molecular weight is 355 g/mol. The third-order valence-electron chi connectivity index (χ3n) is 3.47. The van der Waals surface area contributed by atoms with Crippen molar-refractivity contribution in [3.05, 3.63) is 28.4 Å². The minimum absolute atomic E-state index is 0.0430. The number of likely N-dealkylation sites (tertiary alicyclic amines) is 1. The Hall–Kier alpha value is -2.03. The molecule has 1 aromatic heterocycles. The summed E-state index contributed by atoms with van der Waals surface area (Å²) < 4.78 is 18.1. The van der Waals surface area contributed by atoms with E-state index in [2.05, 4.69) is 4.98 Å². The molecule has 1 saturated heterocycles. The second-order valence-corrected chi connectivity index (χ2v) is 8.22. The lowest BCUT2D eigenvalue weighted by atomic mass is 10.1. The molecule has 0 radical (unpaired) electrons. The van der Waals surface area contributed by atoms with Gasteiger partial charge in [0, 0.05) is 25.4 Å². The second kappa shape index (κ2) is 7.25. The minimum atomic E-state index is -1.66. The van der Waals surface area contributed by atoms with Gasteiger partial charge in [0.05, 0.1) is 21.0 Å². The summed E-state index contributed by atoms with van der Waals surface area (Å²) in [6.45, 7) is 6.09. The first-order valence-corrected chi connectivity index (χ1v) is 8.88. The lowest BCUT2D eigenvalue weighted by Gasteiger charge is -2.33. The molecule has 2 rings (SSSR count). The average Bonchev–Trinajstić information content (AvgIpc) is 2.52. The highest BCUT2D eigenvalue weighted by Crippen LogP contribution is 2.26. The van der Waals surface area contributed by atoms with Crippen molar-refractivity contribution in [3.8, 4) is 0 Å². The maximum absolute atomic E-state index is 12.7. The van der Waals surface area contributed by atoms with Gasteiger partial charge in [-0.05, 0) is 39.7 Å². The normalized spacial score (nSPS) is 19.6. The van der Waals surface area contributed by atoms with Gasteiger partial charge in [-0.3, -0.25) is 14.3 Å². The van der Waals surface area contributed by atoms with Gasteiger partial charge >= 0.3 is 11.8 Å². The lowest BCUT2D eigenvalue weighted by molar-refractivity contribution is -0.388. The fourth-order valence-electron chi connectivity index (χ4n) is 2.44. The number of pyridine rings is 1. The number of hydrogen-bond donors (Lipinski definition) is 0. The fraction of sp³-hybridized carbons (Fsp3) is 0.600. The van der Waals surface area contributed by atoms with Gasteiger partial charge in [0.2, 0.25) is 5.03 Å². The van der Waals surface area contributed by atoms with Gasteiger partial charge in [-0.25, -0.2) is 9.78 Å². The number of carbonyl (C=O) groups excluding carboxylic acids is 1. The molecule has 1 amide bonds. The Morgan fingerprint density at radius 3 is 2.83 bits per heavy atom. The Kier molecular flexibility index (Phi) is 5.53. The number of nitro groups is 1. The number of ether oxygens (including phenoxy) is 1. The molecule has 0 aliphatic carbocycles. The Labute approximate surface area is 142 Å². The summed E-state index contributed by atoms with van der Waals surface area (Å²) in [5.74, 6) is 0. The van der Waals surface area contributed by atoms with Crippen molar-refractivity contribution >= 4 is 22.6 Å². The molecule has 1 aromatic rings. The molecule has 132 valence electrons. The van der Waals surface area contributed by atoms with Crippen LogP contribution in [0.4, 0.5) is 10.5 Å². The zero-order valence-electron chi connectivity index (χ0n) is 13.9. The van der Waals surface area contributed by atoms with Gasteiger partial charge in [0.25, 0.3) is 0 Å². The maximum Gasteiger partial charge on any atom is 0.410 e. The van der Waals surface area contributed by atoms with Gasteiger partial charge in [0.1, 0.15) is 5.60 Å². The van der Waals surface area contributed by atoms with Crippen LogP contribution in [0.1, 0.15) is 33.6 Å². The van der Waals surface area contributed by atoms with E-state index in [4.69, 9.17) is 4.74 Å². The molecular formula is C15H21N3O5S. The van der Waals surface area contributed by atoms with E-state index in [1.165, 1.54) is 23.2 Å². The molecule has 1 fully saturated rings. The number of hydrogen-bond acceptors (Lipinski definition) is 6. The zero-order chi connectivity index (χ0) is 17.9. The van der Waals surface area contributed by atoms with Gasteiger partial charge in [-0.1, -0.05) is 0 Å². The van der Waals surface area contributed by atoms with Crippen LogP contribution in [0.5, 0.6) is 0 Å². The van der Waals surface area contributed by atoms with Gasteiger partial charge in [-0.15, -0.1) is 0 Å². The number of amides is 1. The lowest BCUT2D eigenvalue weighted by Crippen LogP contribution is -2.46. The van der Waals surface area contributed by atoms with Crippen molar-refractivity contribution in [1.29, 1.82) is 0 Å². The fourth-order valence-corrected chi connectivity index (χ4v) is 3.96. The first kappa shape index (κ1) is 18.3. The number of nitrogens with zero attached hydrogens (tertiary/aromatic N) is 3. The number of piperidine rings is 1. The van der Waals surface area contributed by atoms with Gasteiger partial charge in [-0.2, -0.15) is 0 Å². The SMILES string of the molecule is CC(C)(C)OC(=O)N1CCC[C@H]([S@@](=O)c2ncccc2[N+](=O)[O-])C1. The number of carbonyl (C=O) groups is 1. The molecular weight excluding hydrogens is 334 g/mol. The third-order valence-corrected chi connectivity index (χ3v) is 5.16. The summed E-state index contributed by atoms with van der Waals surface area (Å²) in [5.41, 5.74) is -0.867. The summed E-state index contributed by atoms with van der Waals surface area (Å²) in [6.07, 6.45) is 2.20. The molecule has 0 N–H and O–H groups in total. The molecule has 2 heterocycles. The Morgan fingerprint density at radius 2 is 2.21 bits per heavy atom. The second-order valence-electron chi connectivity index (χ2n) is 6.57. The van der Waals surface area contributed by atoms with Crippen LogP contribution >= 0.6 is 0 Å². The molecule has 0 aromatic carbocycles. The molecule has 0 bridgehead atoms. The van der Waals surface area contributed by atoms with Crippen molar-refractivity contribution in [2.75, 3.05) is 13.1 Å². The predicted molar refractivity (Wildman–Crippen MR) is 88.1 cm³/mol. The van der Waals surface area contributed by atoms with Gasteiger partial charge < -0.3 is 9.64 Å². The molecule has 2 atom stereocenters. The highest BCUT2D eigenvalue weighted by Gasteiger charge is 2.33. The molecule has 9 heteroatoms. The van der Waals surface area contributed by atoms with Crippen LogP contribution in [0.2, 0.25) is 0 Å². The highest BCUT2D eigenvalue weighted by molar-refractivity contribution is 7.85. The summed E-state index contributed by atoms with van der Waals surface area (Å²) >= 11 is 0. The number of aromatic nitrogens is 1. The monoisotopic (exact) mass is 355 g/mol. The highest BCUT2D eigenvalue weighted by atomic mass is 32.2. The molecule has 0 unspecified atom stereocenters. The Morgan fingerprint density at radius 1 is 1.50 bits per heavy atom. The minimum Gasteiger partial charge on any atom is -0.444 e. The predicted octanol–water partition coefficient (Wildman–Crippen LogP) is 2.50. The number of rotatable bonds is 3. The van der Waals surface area contributed by atoms with E-state index in [1.807, 2.05) is 0 Å². The Bertz CT molecular complexity index is 659. The van der Waals surface area contributed by atoms with Crippen LogP contribution in [0, 0.1) is 10.1 Å². The van der Waals surface area contributed by atoms with E-state index in [1.54, 1.807) is 20.8 Å². The van der Waals surface area contributed by atoms with Crippen LogP contribution < -0.4 is 0 Å². The van der Waals surface area contributed by atoms with Crippen LogP contribution in [-0.4, -0.2) is 49.0 Å². The van der Waals surface area contributed by atoms with E-state index in [9.17, 15) is 19.1 Å². The van der Waals surface area contributed by atoms with E-state index in [-0.39, 0.29) is 17.3 Å². The van der Waals surface area contributed by atoms with Crippen LogP contribution in [-0.2, 0) is 15.5 Å². The summed E-state index contributed by atoms with van der Waals surface area (Å²) in [5, 5.41) is 10.6. The van der Waals surface area contributed by atoms with Gasteiger partial charge in [0.15, 0.2) is 0 Å². The summed E-state index contributed by atoms with van der Waals surface area (Å²) in [4.78, 5) is 28.1. The van der Waals surface area contributed by atoms with E-state index < -0.39 is 32.7 Å². The van der Waals surface area contributed by atoms with Crippen LogP contribution in [0.25, 0.3) is 0 Å². The van der Waals surface area contributed by atoms with Crippen LogP contribution in [0.3, 0.4) is 0 Å². The van der Waals surface area contributed by atoms with Crippen molar-refractivity contribution in [3.63, 3.8) is 0 Å². The first-order chi connectivity index (χ1) is 11.2. The van der Waals surface area contributed by atoms with Crippen molar-refractivity contribution in [1.82, 2.24) is 9.88 Å². The Balaban J connectivity index is 2.14. The molecule has 1 aliphatic heterocycles. The van der Waals surface area contributed by atoms with E-state index in [0.717, 1.165) is 0 Å². The first-order valence-electron chi connectivity index (χ1n) is 7.67. The third kappa shape index (κ3) is 4.50. The van der Waals surface area contributed by atoms with E-state index in [0.29, 0.717) is 19.4 Å². The zero-order valence-corrected chi connectivity index (χ0v) is 14.7. The maximum atomic E-state index is 12.7. The van der Waals surface area contributed by atoms with Crippen molar-refractivity contribution in [2.45, 2.75) is 49.5 Å². The molecule has 0 spiro atoms.